The van der Waals surface area contributed by atoms with Crippen molar-refractivity contribution in [3.63, 3.8) is 0 Å². The largest absolute Gasteiger partial charge is 0.391 e. The van der Waals surface area contributed by atoms with Crippen LogP contribution in [0.2, 0.25) is 0 Å². The molecule has 3 aromatic rings. The van der Waals surface area contributed by atoms with Crippen molar-refractivity contribution < 1.29 is 72.2 Å². The van der Waals surface area contributed by atoms with Crippen molar-refractivity contribution in [2.24, 2.45) is 5.92 Å². The third kappa shape index (κ3) is 22.6. The summed E-state index contributed by atoms with van der Waals surface area (Å²) in [6, 6.07) is 9.16. The minimum Gasteiger partial charge on any atom is -0.391 e. The fourth-order valence-corrected chi connectivity index (χ4v) is 12.3. The van der Waals surface area contributed by atoms with Crippen LogP contribution >= 0.6 is 0 Å². The molecule has 5 rings (SSSR count). The number of piperidine rings is 1. The Kier molecular flexibility index (Phi) is 31.3. The predicted molar refractivity (Wildman–Crippen MR) is 384 cm³/mol. The van der Waals surface area contributed by atoms with Gasteiger partial charge in [0.1, 0.15) is 72.5 Å². The second-order valence-electron chi connectivity index (χ2n) is 27.8. The van der Waals surface area contributed by atoms with E-state index in [9.17, 15) is 62.6 Å². The van der Waals surface area contributed by atoms with Crippen molar-refractivity contribution in [3.8, 4) is 0 Å². The summed E-state index contributed by atoms with van der Waals surface area (Å²) in [7, 11) is 10.4. The molecule has 2 aliphatic rings. The van der Waals surface area contributed by atoms with E-state index in [0.29, 0.717) is 29.8 Å². The van der Waals surface area contributed by atoms with Crippen molar-refractivity contribution in [3.05, 3.63) is 108 Å². The van der Waals surface area contributed by atoms with Crippen LogP contribution in [0.3, 0.4) is 0 Å². The second-order valence-corrected chi connectivity index (χ2v) is 27.8. The van der Waals surface area contributed by atoms with Gasteiger partial charge < -0.3 is 75.8 Å². The second kappa shape index (κ2) is 38.5. The topological polar surface area (TPSA) is 349 Å². The van der Waals surface area contributed by atoms with E-state index in [4.69, 9.17) is 0 Å². The smallest absolute Gasteiger partial charge is 0.248 e. The Balaban J connectivity index is 1.60. The van der Waals surface area contributed by atoms with E-state index >= 15 is 9.59 Å². The first-order valence-corrected chi connectivity index (χ1v) is 35.1. The molecule has 0 aromatic heterocycles. The van der Waals surface area contributed by atoms with Crippen LogP contribution in [0.15, 0.2) is 91.0 Å². The van der Waals surface area contributed by atoms with Gasteiger partial charge in [0.2, 0.25) is 82.7 Å². The quantitative estimate of drug-likeness (QED) is 0.127. The van der Waals surface area contributed by atoms with Crippen LogP contribution in [-0.4, -0.2) is 287 Å². The summed E-state index contributed by atoms with van der Waals surface area (Å²) in [5.74, 6) is -11.4. The Labute approximate surface area is 605 Å². The van der Waals surface area contributed by atoms with Crippen molar-refractivity contribution in [2.45, 2.75) is 192 Å². The van der Waals surface area contributed by atoms with Gasteiger partial charge in [-0.05, 0) is 96.8 Å². The average molecular weight is 1430 g/mol. The average Bonchev–Trinajstić information content (AvgIpc) is 0.823. The molecular weight excluding hydrogens is 1320 g/mol. The highest BCUT2D eigenvalue weighted by atomic mass is 16.3. The fourth-order valence-electron chi connectivity index (χ4n) is 12.3. The summed E-state index contributed by atoms with van der Waals surface area (Å²) >= 11 is 0. The number of benzene rings is 3. The Morgan fingerprint density at radius 1 is 0.515 bits per heavy atom. The van der Waals surface area contributed by atoms with Gasteiger partial charge in [0.25, 0.3) is 0 Å². The zero-order valence-electron chi connectivity index (χ0n) is 62.7. The third-order valence-electron chi connectivity index (χ3n) is 19.7. The number of hydrogen-bond donors (Lipinski definition) is 6. The number of hydrogen-bond acceptors (Lipinski definition) is 15. The number of aliphatic hydroxyl groups is 1. The molecule has 2 heterocycles. The first-order chi connectivity index (χ1) is 48.4. The van der Waals surface area contributed by atoms with Crippen molar-refractivity contribution in [2.75, 3.05) is 76.0 Å². The lowest BCUT2D eigenvalue weighted by Gasteiger charge is -2.36. The molecule has 29 heteroatoms. The summed E-state index contributed by atoms with van der Waals surface area (Å²) in [6.45, 7) is 13.6. The van der Waals surface area contributed by atoms with E-state index in [0.717, 1.165) is 58.5 Å². The number of likely N-dealkylation sites (tertiary alicyclic amines) is 1. The number of aliphatic hydroxyl groups excluding tert-OH is 1. The van der Waals surface area contributed by atoms with Gasteiger partial charge in [-0.1, -0.05) is 105 Å². The normalized spacial score (nSPS) is 24.9. The zero-order chi connectivity index (χ0) is 77.0. The zero-order valence-corrected chi connectivity index (χ0v) is 62.7. The van der Waals surface area contributed by atoms with Crippen LogP contribution in [0.1, 0.15) is 111 Å². The number of nitrogens with one attached hydrogen (secondary N) is 5. The SMILES string of the molecule is CC(C)C[C@H]1C(=O)N[C@@H](Cc2ccccc2)C(=O)N(C)[C@@H](C)C(=O)N(C)[C@@H](C)C(=O)N[C@@H]([C@@H](C)O)C(=O)N(C)CC(=O)N(C)[C@@H](Cc2ccccc2)C(=O)N[C@H](C(=O)N(C)[C@@H](Cc2ccccc2)C(=O)N[C@@H](C)C(=O)N2CCCCC2)CC(=O)N(C)[C@H](C)C(=O)N(C)[C@@H](C)C(=O)N[C@@H](C)C(=O)N1C. The Morgan fingerprint density at radius 3 is 1.50 bits per heavy atom. The minimum atomic E-state index is -1.86. The molecule has 2 fully saturated rings. The van der Waals surface area contributed by atoms with E-state index in [1.165, 1.54) is 105 Å². The van der Waals surface area contributed by atoms with E-state index in [-0.39, 0.29) is 37.5 Å². The molecule has 2 saturated heterocycles. The lowest BCUT2D eigenvalue weighted by atomic mass is 9.99. The maximum atomic E-state index is 15.5. The molecule has 564 valence electrons. The molecule has 0 bridgehead atoms. The molecule has 29 nitrogen and oxygen atoms in total. The fraction of sp³-hybridized carbons (Fsp3) is 0.568. The molecule has 0 unspecified atom stereocenters. The van der Waals surface area contributed by atoms with Gasteiger partial charge in [-0.25, -0.2) is 0 Å². The Bertz CT molecular complexity index is 3490. The van der Waals surface area contributed by atoms with Crippen LogP contribution in [-0.2, 0) is 86.4 Å². The molecule has 2 aliphatic heterocycles. The van der Waals surface area contributed by atoms with Crippen LogP contribution in [0.4, 0.5) is 0 Å². The molecule has 13 atom stereocenters. The Hall–Kier alpha value is -9.80. The molecule has 0 aliphatic carbocycles. The van der Waals surface area contributed by atoms with Gasteiger partial charge in [-0.3, -0.25) is 67.1 Å². The van der Waals surface area contributed by atoms with Gasteiger partial charge in [-0.2, -0.15) is 0 Å². The van der Waals surface area contributed by atoms with Crippen LogP contribution in [0.25, 0.3) is 0 Å². The first-order valence-electron chi connectivity index (χ1n) is 35.1. The summed E-state index contributed by atoms with van der Waals surface area (Å²) in [5, 5.41) is 24.5. The van der Waals surface area contributed by atoms with E-state index in [1.807, 2.05) is 13.8 Å². The standard InChI is InChI=1S/C74H108N14O15/c1-44(2)38-57-66(95)77-55(39-52-30-22-18-23-31-52)72(101)84(14)50(8)71(100)83(13)48(6)64(93)79-62(51(9)89)74(103)80(10)43-61(91)85(15)58(40-53-32-24-19-25-33-53)67(96)78-56(42-60(90)81(11)49(7)70(99)82(12)47(5)63(92)75-45(3)68(97)86(57)16)73(102)87(17)59(41-54-34-26-20-27-35-54)65(94)76-46(4)69(98)88-36-28-21-29-37-88/h18-20,22-27,30-35,44-51,55-59,62,89H,21,28-29,36-43H2,1-17H3,(H,75,92)(H,76,94)(H,77,95)(H,78,96)(H,79,93)/t45-,46-,47-,48-,49+,50-,51+,55-,56-,57-,58-,59-,62-/m0/s1. The molecular formula is C74H108N14O15. The number of carbonyl (C=O) groups excluding carboxylic acids is 14. The molecule has 0 saturated carbocycles. The lowest BCUT2D eigenvalue weighted by molar-refractivity contribution is -0.150. The molecule has 0 spiro atoms. The van der Waals surface area contributed by atoms with Crippen molar-refractivity contribution in [1.82, 2.24) is 70.7 Å². The van der Waals surface area contributed by atoms with E-state index in [1.54, 1.807) is 95.9 Å². The molecule has 0 radical (unpaired) electrons. The highest BCUT2D eigenvalue weighted by Gasteiger charge is 2.43. The number of rotatable bonds is 14. The van der Waals surface area contributed by atoms with Gasteiger partial charge in [0.15, 0.2) is 0 Å². The molecule has 6 N–H and O–H groups in total. The van der Waals surface area contributed by atoms with Crippen molar-refractivity contribution in [1.29, 1.82) is 0 Å². The highest BCUT2D eigenvalue weighted by molar-refractivity contribution is 6.01. The first kappa shape index (κ1) is 83.9. The minimum absolute atomic E-state index is 0.0650. The van der Waals surface area contributed by atoms with Gasteiger partial charge in [-0.15, -0.1) is 0 Å². The Morgan fingerprint density at radius 2 is 0.990 bits per heavy atom. The number of nitrogens with zero attached hydrogens (tertiary/aromatic N) is 9. The lowest BCUT2D eigenvalue weighted by Crippen LogP contribution is -2.61. The maximum absolute atomic E-state index is 15.5. The summed E-state index contributed by atoms with van der Waals surface area (Å²) in [5.41, 5.74) is 1.76. The van der Waals surface area contributed by atoms with Crippen LogP contribution in [0, 0.1) is 5.92 Å². The monoisotopic (exact) mass is 1430 g/mol. The van der Waals surface area contributed by atoms with Crippen LogP contribution in [0.5, 0.6) is 0 Å². The predicted octanol–water partition coefficient (Wildman–Crippen LogP) is 0.348. The number of likely N-dealkylation sites (N-methyl/N-ethyl adjacent to an activating group) is 8. The summed E-state index contributed by atoms with van der Waals surface area (Å²) in [6.07, 6.45) is -0.244. The molecule has 14 amide bonds. The summed E-state index contributed by atoms with van der Waals surface area (Å²) < 4.78 is 0. The third-order valence-corrected chi connectivity index (χ3v) is 19.7. The van der Waals surface area contributed by atoms with Gasteiger partial charge >= 0.3 is 0 Å². The van der Waals surface area contributed by atoms with E-state index in [2.05, 4.69) is 26.6 Å². The highest BCUT2D eigenvalue weighted by Crippen LogP contribution is 2.21. The maximum Gasteiger partial charge on any atom is 0.248 e. The van der Waals surface area contributed by atoms with Crippen LogP contribution < -0.4 is 26.6 Å². The van der Waals surface area contributed by atoms with E-state index < -0.39 is 168 Å². The summed E-state index contributed by atoms with van der Waals surface area (Å²) in [4.78, 5) is 214. The van der Waals surface area contributed by atoms with Crippen molar-refractivity contribution >= 4 is 82.7 Å². The number of carbonyl (C=O) groups is 14. The van der Waals surface area contributed by atoms with Gasteiger partial charge in [0.05, 0.1) is 19.1 Å². The van der Waals surface area contributed by atoms with Gasteiger partial charge in [0, 0.05) is 88.7 Å². The molecule has 3 aromatic carbocycles. The number of amides is 14. The molecule has 103 heavy (non-hydrogen) atoms.